The third kappa shape index (κ3) is 4.05. The number of imidazole rings is 1. The molecule has 144 valence electrons. The van der Waals surface area contributed by atoms with Gasteiger partial charge in [-0.25, -0.2) is 9.78 Å². The number of fused-ring (bicyclic) bond motifs is 1. The van der Waals surface area contributed by atoms with Crippen molar-refractivity contribution in [2.24, 2.45) is 0 Å². The molecule has 0 spiro atoms. The van der Waals surface area contributed by atoms with E-state index in [2.05, 4.69) is 31.2 Å². The number of nitrogens with zero attached hydrogens (tertiary/aromatic N) is 1. The van der Waals surface area contributed by atoms with Crippen LogP contribution in [-0.4, -0.2) is 29.0 Å². The van der Waals surface area contributed by atoms with E-state index in [1.165, 1.54) is 13.2 Å². The number of amides is 1. The van der Waals surface area contributed by atoms with Crippen molar-refractivity contribution in [3.8, 4) is 11.4 Å². The molecule has 0 saturated carbocycles. The van der Waals surface area contributed by atoms with Crippen LogP contribution in [0.5, 0.6) is 0 Å². The number of benzene rings is 3. The minimum absolute atomic E-state index is 0.321. The van der Waals surface area contributed by atoms with E-state index in [0.29, 0.717) is 16.8 Å². The fraction of sp³-hybridized carbons (Fsp3) is 0.0455. The summed E-state index contributed by atoms with van der Waals surface area (Å²) in [4.78, 5) is 32.1. The second-order valence-corrected chi connectivity index (χ2v) is 7.27. The molecule has 6 nitrogen and oxygen atoms in total. The summed E-state index contributed by atoms with van der Waals surface area (Å²) in [6.45, 7) is 0. The molecule has 7 heteroatoms. The number of H-pyrrole nitrogens is 1. The number of aromatic amines is 1. The summed E-state index contributed by atoms with van der Waals surface area (Å²) >= 11 is 3.42. The molecule has 1 heterocycles. The Labute approximate surface area is 175 Å². The van der Waals surface area contributed by atoms with Crippen LogP contribution in [0.15, 0.2) is 71.2 Å². The van der Waals surface area contributed by atoms with Crippen molar-refractivity contribution < 1.29 is 14.3 Å². The van der Waals surface area contributed by atoms with Crippen molar-refractivity contribution in [1.82, 2.24) is 9.97 Å². The lowest BCUT2D eigenvalue weighted by Gasteiger charge is -2.06. The zero-order chi connectivity index (χ0) is 20.4. The number of aromatic nitrogens is 2. The van der Waals surface area contributed by atoms with Crippen molar-refractivity contribution in [3.63, 3.8) is 0 Å². The third-order valence-electron chi connectivity index (χ3n) is 4.40. The molecule has 4 aromatic rings. The van der Waals surface area contributed by atoms with Crippen molar-refractivity contribution >= 4 is 44.5 Å². The fourth-order valence-corrected chi connectivity index (χ4v) is 3.20. The van der Waals surface area contributed by atoms with Gasteiger partial charge in [0.05, 0.1) is 23.7 Å². The molecule has 0 unspecified atom stereocenters. The molecule has 3 aromatic carbocycles. The molecule has 1 aromatic heterocycles. The largest absolute Gasteiger partial charge is 0.465 e. The molecule has 1 amide bonds. The molecular weight excluding hydrogens is 434 g/mol. The first-order valence-corrected chi connectivity index (χ1v) is 9.58. The summed E-state index contributed by atoms with van der Waals surface area (Å²) in [7, 11) is 1.30. The second-order valence-electron chi connectivity index (χ2n) is 6.35. The second kappa shape index (κ2) is 7.89. The highest BCUT2D eigenvalue weighted by Crippen LogP contribution is 2.24. The zero-order valence-electron chi connectivity index (χ0n) is 15.4. The average Bonchev–Trinajstić information content (AvgIpc) is 3.17. The molecule has 0 aliphatic carbocycles. The Balaban J connectivity index is 1.57. The standard InChI is InChI=1S/C22H16BrN3O3/c1-29-22(28)15-4-2-3-14(11-15)21(27)24-17-9-10-18-19(12-17)26-20(25-18)13-5-7-16(23)8-6-13/h2-12H,1H3,(H,24,27)(H,25,26). The predicted octanol–water partition coefficient (Wildman–Crippen LogP) is 5.03. The number of rotatable bonds is 4. The summed E-state index contributed by atoms with van der Waals surface area (Å²) in [6, 6.07) is 19.7. The first kappa shape index (κ1) is 18.9. The van der Waals surface area contributed by atoms with Gasteiger partial charge in [0, 0.05) is 21.3 Å². The van der Waals surface area contributed by atoms with E-state index in [9.17, 15) is 9.59 Å². The first-order chi connectivity index (χ1) is 14.0. The molecule has 2 N–H and O–H groups in total. The van der Waals surface area contributed by atoms with Gasteiger partial charge >= 0.3 is 5.97 Å². The van der Waals surface area contributed by atoms with E-state index >= 15 is 0 Å². The molecule has 0 aliphatic rings. The Hall–Kier alpha value is -3.45. The van der Waals surface area contributed by atoms with Crippen LogP contribution in [0.1, 0.15) is 20.7 Å². The molecule has 0 aliphatic heterocycles. The number of ether oxygens (including phenoxy) is 1. The minimum Gasteiger partial charge on any atom is -0.465 e. The number of anilines is 1. The minimum atomic E-state index is -0.488. The summed E-state index contributed by atoms with van der Waals surface area (Å²) < 4.78 is 5.70. The Kier molecular flexibility index (Phi) is 5.14. The van der Waals surface area contributed by atoms with Crippen molar-refractivity contribution in [1.29, 1.82) is 0 Å². The molecule has 0 radical (unpaired) electrons. The van der Waals surface area contributed by atoms with Crippen LogP contribution in [0.4, 0.5) is 5.69 Å². The highest BCUT2D eigenvalue weighted by atomic mass is 79.9. The number of carbonyl (C=O) groups excluding carboxylic acids is 2. The van der Waals surface area contributed by atoms with Crippen LogP contribution in [0.3, 0.4) is 0 Å². The molecule has 29 heavy (non-hydrogen) atoms. The van der Waals surface area contributed by atoms with Crippen LogP contribution >= 0.6 is 15.9 Å². The predicted molar refractivity (Wildman–Crippen MR) is 115 cm³/mol. The lowest BCUT2D eigenvalue weighted by molar-refractivity contribution is 0.0600. The van der Waals surface area contributed by atoms with Crippen LogP contribution in [0.2, 0.25) is 0 Å². The lowest BCUT2D eigenvalue weighted by Crippen LogP contribution is -2.13. The first-order valence-electron chi connectivity index (χ1n) is 8.79. The van der Waals surface area contributed by atoms with E-state index in [1.54, 1.807) is 30.3 Å². The Morgan fingerprint density at radius 3 is 2.52 bits per heavy atom. The average molecular weight is 450 g/mol. The Morgan fingerprint density at radius 1 is 1.00 bits per heavy atom. The normalized spacial score (nSPS) is 10.7. The monoisotopic (exact) mass is 449 g/mol. The smallest absolute Gasteiger partial charge is 0.337 e. The van der Waals surface area contributed by atoms with Gasteiger partial charge in [0.1, 0.15) is 5.82 Å². The number of hydrogen-bond acceptors (Lipinski definition) is 4. The Bertz CT molecular complexity index is 1220. The van der Waals surface area contributed by atoms with Gasteiger partial charge in [0.2, 0.25) is 0 Å². The van der Waals surface area contributed by atoms with E-state index < -0.39 is 5.97 Å². The van der Waals surface area contributed by atoms with E-state index in [0.717, 1.165) is 26.9 Å². The van der Waals surface area contributed by atoms with Gasteiger partial charge in [0.15, 0.2) is 0 Å². The maximum Gasteiger partial charge on any atom is 0.337 e. The summed E-state index contributed by atoms with van der Waals surface area (Å²) in [5.41, 5.74) is 3.87. The van der Waals surface area contributed by atoms with Gasteiger partial charge in [-0.2, -0.15) is 0 Å². The van der Waals surface area contributed by atoms with Gasteiger partial charge in [-0.3, -0.25) is 4.79 Å². The summed E-state index contributed by atoms with van der Waals surface area (Å²) in [5, 5.41) is 2.84. The zero-order valence-corrected chi connectivity index (χ0v) is 17.0. The van der Waals surface area contributed by atoms with Gasteiger partial charge in [-0.15, -0.1) is 0 Å². The molecule has 0 bridgehead atoms. The fourth-order valence-electron chi connectivity index (χ4n) is 2.94. The number of nitrogens with one attached hydrogen (secondary N) is 2. The highest BCUT2D eigenvalue weighted by Gasteiger charge is 2.12. The van der Waals surface area contributed by atoms with Gasteiger partial charge < -0.3 is 15.0 Å². The number of carbonyl (C=O) groups is 2. The summed E-state index contributed by atoms with van der Waals surface area (Å²) in [5.74, 6) is -0.0569. The molecule has 4 rings (SSSR count). The van der Waals surface area contributed by atoms with Gasteiger partial charge in [0.25, 0.3) is 5.91 Å². The van der Waals surface area contributed by atoms with Crippen molar-refractivity contribution in [2.75, 3.05) is 12.4 Å². The molecule has 0 fully saturated rings. The molecular formula is C22H16BrN3O3. The van der Waals surface area contributed by atoms with Crippen LogP contribution in [0.25, 0.3) is 22.4 Å². The maximum atomic E-state index is 12.6. The van der Waals surface area contributed by atoms with Gasteiger partial charge in [-0.05, 0) is 48.5 Å². The highest BCUT2D eigenvalue weighted by molar-refractivity contribution is 9.10. The number of halogens is 1. The molecule has 0 saturated heterocycles. The van der Waals surface area contributed by atoms with E-state index in [-0.39, 0.29) is 5.91 Å². The number of hydrogen-bond donors (Lipinski definition) is 2. The van der Waals surface area contributed by atoms with Crippen LogP contribution in [0, 0.1) is 0 Å². The maximum absolute atomic E-state index is 12.6. The number of methoxy groups -OCH3 is 1. The molecule has 0 atom stereocenters. The van der Waals surface area contributed by atoms with E-state index in [4.69, 9.17) is 4.74 Å². The number of esters is 1. The van der Waals surface area contributed by atoms with Crippen LogP contribution in [-0.2, 0) is 4.74 Å². The van der Waals surface area contributed by atoms with Crippen molar-refractivity contribution in [2.45, 2.75) is 0 Å². The van der Waals surface area contributed by atoms with E-state index in [1.807, 2.05) is 30.3 Å². The van der Waals surface area contributed by atoms with Crippen LogP contribution < -0.4 is 5.32 Å². The summed E-state index contributed by atoms with van der Waals surface area (Å²) in [6.07, 6.45) is 0. The topological polar surface area (TPSA) is 84.1 Å². The van der Waals surface area contributed by atoms with Crippen molar-refractivity contribution in [3.05, 3.63) is 82.3 Å². The third-order valence-corrected chi connectivity index (χ3v) is 4.93. The lowest BCUT2D eigenvalue weighted by atomic mass is 10.1. The quantitative estimate of drug-likeness (QED) is 0.427. The Morgan fingerprint density at radius 2 is 1.76 bits per heavy atom. The SMILES string of the molecule is COC(=O)c1cccc(C(=O)Nc2ccc3[nH]c(-c4ccc(Br)cc4)nc3c2)c1. The van der Waals surface area contributed by atoms with Gasteiger partial charge in [-0.1, -0.05) is 34.1 Å².